The van der Waals surface area contributed by atoms with E-state index in [1.54, 1.807) is 30.8 Å². The highest BCUT2D eigenvalue weighted by atomic mass is 31.2. The van der Waals surface area contributed by atoms with Gasteiger partial charge in [-0.1, -0.05) is 58.4 Å². The molecule has 2 aromatic rings. The van der Waals surface area contributed by atoms with Crippen molar-refractivity contribution < 1.29 is 28.7 Å². The standard InChI is InChI=1S/C29H53N8O6P/c1-6-9-11-13-17-42-27(38)22(4)35-44(40,36-23(5)28(39)43-18-14-12-10-7-2)21-41-19-16-37-20-32-24-25(31-15-8-3)33-29(30)34-26(24)37/h8,20,22-23,27,38H,3,6-7,9-19,21H2,1-2,4-5H3,(H2,35,36,40)(H3,30,31,33,34). The maximum Gasteiger partial charge on any atom is 0.323 e. The number of anilines is 2. The maximum absolute atomic E-state index is 14.0. The van der Waals surface area contributed by atoms with Crippen molar-refractivity contribution in [3.63, 3.8) is 0 Å². The van der Waals surface area contributed by atoms with Crippen molar-refractivity contribution in [2.24, 2.45) is 0 Å². The van der Waals surface area contributed by atoms with Crippen LogP contribution >= 0.6 is 7.44 Å². The summed E-state index contributed by atoms with van der Waals surface area (Å²) in [6.45, 7) is 12.9. The number of rotatable bonds is 25. The van der Waals surface area contributed by atoms with Gasteiger partial charge in [-0.2, -0.15) is 9.97 Å². The molecule has 4 unspecified atom stereocenters. The maximum atomic E-state index is 14.0. The van der Waals surface area contributed by atoms with Gasteiger partial charge < -0.3 is 34.9 Å². The largest absolute Gasteiger partial charge is 0.465 e. The second kappa shape index (κ2) is 20.4. The van der Waals surface area contributed by atoms with Gasteiger partial charge >= 0.3 is 5.97 Å². The lowest BCUT2D eigenvalue weighted by molar-refractivity contribution is -0.145. The molecule has 0 bridgehead atoms. The Labute approximate surface area is 261 Å². The van der Waals surface area contributed by atoms with Gasteiger partial charge in [-0.3, -0.25) is 9.36 Å². The fourth-order valence-electron chi connectivity index (χ4n) is 4.35. The molecule has 0 amide bonds. The Morgan fingerprint density at radius 2 is 1.80 bits per heavy atom. The number of hydrogen-bond acceptors (Lipinski definition) is 11. The number of nitrogens with one attached hydrogen (secondary N) is 3. The number of carbonyl (C=O) groups is 1. The summed E-state index contributed by atoms with van der Waals surface area (Å²) in [7, 11) is -3.57. The molecular weight excluding hydrogens is 587 g/mol. The van der Waals surface area contributed by atoms with Crippen LogP contribution < -0.4 is 21.2 Å². The first-order valence-electron chi connectivity index (χ1n) is 15.7. The molecule has 0 aliphatic carbocycles. The lowest BCUT2D eigenvalue weighted by atomic mass is 10.2. The summed E-state index contributed by atoms with van der Waals surface area (Å²) in [4.78, 5) is 25.5. The Balaban J connectivity index is 2.03. The van der Waals surface area contributed by atoms with Crippen molar-refractivity contribution in [1.29, 1.82) is 0 Å². The number of unbranched alkanes of at least 4 members (excludes halogenated alkanes) is 6. The molecule has 4 atom stereocenters. The van der Waals surface area contributed by atoms with Gasteiger partial charge in [0.05, 0.1) is 25.6 Å². The number of hydrogen-bond donors (Lipinski definition) is 5. The number of carbonyl (C=O) groups excluding carboxylic acids is 1. The quantitative estimate of drug-likeness (QED) is 0.0342. The smallest absolute Gasteiger partial charge is 0.323 e. The molecule has 0 aromatic carbocycles. The van der Waals surface area contributed by atoms with E-state index in [2.05, 4.69) is 50.9 Å². The van der Waals surface area contributed by atoms with Crippen LogP contribution in [0.15, 0.2) is 19.0 Å². The topological polar surface area (TPSA) is 188 Å². The highest BCUT2D eigenvalue weighted by molar-refractivity contribution is 7.59. The normalized spacial score (nSPS) is 15.0. The minimum atomic E-state index is -3.57. The van der Waals surface area contributed by atoms with Gasteiger partial charge in [-0.15, -0.1) is 6.58 Å². The van der Waals surface area contributed by atoms with Crippen LogP contribution in [-0.2, 0) is 30.1 Å². The van der Waals surface area contributed by atoms with Crippen molar-refractivity contribution >= 4 is 36.3 Å². The average molecular weight is 641 g/mol. The van der Waals surface area contributed by atoms with Gasteiger partial charge in [0.25, 0.3) is 0 Å². The second-order valence-electron chi connectivity index (χ2n) is 10.8. The molecule has 0 saturated carbocycles. The first-order chi connectivity index (χ1) is 21.1. The van der Waals surface area contributed by atoms with Crippen LogP contribution in [0.2, 0.25) is 0 Å². The molecular formula is C29H53N8O6P. The highest BCUT2D eigenvalue weighted by Crippen LogP contribution is 2.38. The number of aromatic nitrogens is 4. The Kier molecular flexibility index (Phi) is 17.4. The number of nitrogens with zero attached hydrogens (tertiary/aromatic N) is 4. The van der Waals surface area contributed by atoms with E-state index in [0.29, 0.717) is 43.3 Å². The van der Waals surface area contributed by atoms with Crippen molar-refractivity contribution in [3.05, 3.63) is 19.0 Å². The summed E-state index contributed by atoms with van der Waals surface area (Å²) < 4.78 is 32.6. The third-order valence-electron chi connectivity index (χ3n) is 6.77. The van der Waals surface area contributed by atoms with Crippen molar-refractivity contribution in [1.82, 2.24) is 29.7 Å². The zero-order valence-electron chi connectivity index (χ0n) is 26.8. The first kappa shape index (κ1) is 37.6. The number of aliphatic hydroxyl groups excluding tert-OH is 1. The Bertz CT molecular complexity index is 1180. The predicted octanol–water partition coefficient (Wildman–Crippen LogP) is 4.17. The van der Waals surface area contributed by atoms with Crippen LogP contribution in [0.1, 0.15) is 79.1 Å². The van der Waals surface area contributed by atoms with Crippen molar-refractivity contribution in [2.45, 2.75) is 104 Å². The van der Waals surface area contributed by atoms with Crippen LogP contribution in [0.5, 0.6) is 0 Å². The highest BCUT2D eigenvalue weighted by Gasteiger charge is 2.32. The first-order valence-corrected chi connectivity index (χ1v) is 17.5. The fourth-order valence-corrected chi connectivity index (χ4v) is 6.47. The number of imidazole rings is 1. The minimum absolute atomic E-state index is 0.0935. The molecule has 15 heteroatoms. The lowest BCUT2D eigenvalue weighted by Crippen LogP contribution is -2.44. The van der Waals surface area contributed by atoms with Gasteiger partial charge in [0, 0.05) is 19.7 Å². The van der Waals surface area contributed by atoms with E-state index in [1.807, 2.05) is 0 Å². The zero-order chi connectivity index (χ0) is 32.4. The molecule has 0 aliphatic rings. The summed E-state index contributed by atoms with van der Waals surface area (Å²) in [6, 6.07) is -1.58. The monoisotopic (exact) mass is 640 g/mol. The summed E-state index contributed by atoms with van der Waals surface area (Å²) >= 11 is 0. The Morgan fingerprint density at radius 3 is 2.48 bits per heavy atom. The van der Waals surface area contributed by atoms with Gasteiger partial charge in [0.1, 0.15) is 12.4 Å². The van der Waals surface area contributed by atoms with E-state index in [0.717, 1.165) is 51.4 Å². The van der Waals surface area contributed by atoms with E-state index in [4.69, 9.17) is 19.9 Å². The van der Waals surface area contributed by atoms with E-state index >= 15 is 0 Å². The van der Waals surface area contributed by atoms with Gasteiger partial charge in [-0.25, -0.2) is 15.2 Å². The molecule has 0 aliphatic heterocycles. The van der Waals surface area contributed by atoms with Gasteiger partial charge in [-0.05, 0) is 26.7 Å². The molecule has 0 radical (unpaired) electrons. The molecule has 14 nitrogen and oxygen atoms in total. The minimum Gasteiger partial charge on any atom is -0.465 e. The molecule has 2 heterocycles. The number of aliphatic hydroxyl groups is 1. The number of esters is 1. The van der Waals surface area contributed by atoms with E-state index < -0.39 is 31.8 Å². The SMILES string of the molecule is C=CCNc1nc(N)nc2c1ncn2CCOCP(=O)(NC(C)C(=O)OCCCCCC)NC(C)C(O)OCCCCCC. The molecule has 6 N–H and O–H groups in total. The van der Waals surface area contributed by atoms with Crippen LogP contribution in [0.3, 0.4) is 0 Å². The van der Waals surface area contributed by atoms with Crippen LogP contribution in [-0.4, -0.2) is 81.7 Å². The number of nitrogens with two attached hydrogens (primary N) is 1. The van der Waals surface area contributed by atoms with E-state index in [9.17, 15) is 14.5 Å². The molecule has 0 saturated heterocycles. The number of ether oxygens (including phenoxy) is 3. The number of nitrogen functional groups attached to an aromatic ring is 1. The van der Waals surface area contributed by atoms with Crippen molar-refractivity contribution in [3.8, 4) is 0 Å². The molecule has 2 rings (SSSR count). The zero-order valence-corrected chi connectivity index (χ0v) is 27.7. The second-order valence-corrected chi connectivity index (χ2v) is 13.1. The lowest BCUT2D eigenvalue weighted by Gasteiger charge is -2.29. The van der Waals surface area contributed by atoms with E-state index in [1.165, 1.54) is 0 Å². The summed E-state index contributed by atoms with van der Waals surface area (Å²) in [6.07, 6.45) is 9.78. The van der Waals surface area contributed by atoms with E-state index in [-0.39, 0.29) is 18.9 Å². The Morgan fingerprint density at radius 1 is 1.09 bits per heavy atom. The summed E-state index contributed by atoms with van der Waals surface area (Å²) in [5.74, 6) is 0.0826. The van der Waals surface area contributed by atoms with Gasteiger partial charge in [0.2, 0.25) is 13.4 Å². The summed E-state index contributed by atoms with van der Waals surface area (Å²) in [5, 5.41) is 19.5. The predicted molar refractivity (Wildman–Crippen MR) is 173 cm³/mol. The third-order valence-corrected chi connectivity index (χ3v) is 8.94. The molecule has 0 spiro atoms. The molecule has 44 heavy (non-hydrogen) atoms. The van der Waals surface area contributed by atoms with Crippen LogP contribution in [0, 0.1) is 0 Å². The molecule has 0 fully saturated rings. The average Bonchev–Trinajstić information content (AvgIpc) is 3.40. The van der Waals surface area contributed by atoms with Gasteiger partial charge in [0.15, 0.2) is 23.3 Å². The van der Waals surface area contributed by atoms with Crippen LogP contribution in [0.25, 0.3) is 11.2 Å². The fraction of sp³-hybridized carbons (Fsp3) is 0.724. The summed E-state index contributed by atoms with van der Waals surface area (Å²) in [5.41, 5.74) is 6.97. The Hall–Kier alpha value is -2.61. The third kappa shape index (κ3) is 13.2. The number of fused-ring (bicyclic) bond motifs is 1. The molecule has 250 valence electrons. The van der Waals surface area contributed by atoms with Crippen LogP contribution in [0.4, 0.5) is 11.8 Å². The molecule has 2 aromatic heterocycles. The van der Waals surface area contributed by atoms with Crippen molar-refractivity contribution in [2.75, 3.05) is 43.8 Å².